The van der Waals surface area contributed by atoms with Gasteiger partial charge in [-0.3, -0.25) is 4.79 Å². The second-order valence-corrected chi connectivity index (χ2v) is 6.00. The summed E-state index contributed by atoms with van der Waals surface area (Å²) in [4.78, 5) is 14.4. The van der Waals surface area contributed by atoms with Crippen LogP contribution in [0.15, 0.2) is 29.4 Å². The number of halogens is 1. The van der Waals surface area contributed by atoms with E-state index in [2.05, 4.69) is 5.16 Å². The summed E-state index contributed by atoms with van der Waals surface area (Å²) in [5, 5.41) is 12.6. The minimum absolute atomic E-state index is 0.00361. The molecule has 1 aliphatic rings. The molecular weight excluding hydrogens is 290 g/mol. The molecule has 0 heterocycles. The van der Waals surface area contributed by atoms with Crippen LogP contribution in [-0.2, 0) is 4.79 Å². The van der Waals surface area contributed by atoms with Crippen LogP contribution < -0.4 is 5.73 Å². The zero-order valence-corrected chi connectivity index (χ0v) is 13.0. The lowest BCUT2D eigenvalue weighted by molar-refractivity contribution is -0.142. The van der Waals surface area contributed by atoms with Crippen LogP contribution in [0.3, 0.4) is 0 Å². The van der Waals surface area contributed by atoms with E-state index in [1.54, 1.807) is 18.0 Å². The molecule has 0 aromatic heterocycles. The highest BCUT2D eigenvalue weighted by Gasteiger charge is 2.50. The van der Waals surface area contributed by atoms with Crippen LogP contribution in [0.1, 0.15) is 37.8 Å². The summed E-state index contributed by atoms with van der Waals surface area (Å²) >= 11 is 6.00. The Morgan fingerprint density at radius 3 is 2.67 bits per heavy atom. The number of hydrogen-bond donors (Lipinski definition) is 2. The number of nitrogens with two attached hydrogens (primary N) is 1. The topological polar surface area (TPSA) is 78.9 Å². The molecule has 2 rings (SSSR count). The van der Waals surface area contributed by atoms with E-state index in [1.807, 2.05) is 25.1 Å². The highest BCUT2D eigenvalue weighted by molar-refractivity contribution is 6.30. The summed E-state index contributed by atoms with van der Waals surface area (Å²) in [6, 6.07) is 7.28. The summed E-state index contributed by atoms with van der Waals surface area (Å²) in [5.41, 5.74) is 5.85. The largest absolute Gasteiger partial charge is 0.409 e. The SMILES string of the molecule is CC(c1cccc(Cl)c1)N(C)C(=O)C1(/C(N)=N/O)CCC1. The van der Waals surface area contributed by atoms with Crippen LogP contribution in [0.25, 0.3) is 0 Å². The van der Waals surface area contributed by atoms with Crippen molar-refractivity contribution in [2.24, 2.45) is 16.3 Å². The van der Waals surface area contributed by atoms with Gasteiger partial charge >= 0.3 is 0 Å². The molecule has 1 saturated carbocycles. The molecule has 6 heteroatoms. The van der Waals surface area contributed by atoms with Gasteiger partial charge in [0.15, 0.2) is 5.84 Å². The molecule has 1 aromatic rings. The molecule has 1 unspecified atom stereocenters. The van der Waals surface area contributed by atoms with Crippen LogP contribution in [0.5, 0.6) is 0 Å². The van der Waals surface area contributed by atoms with Gasteiger partial charge in [-0.1, -0.05) is 35.3 Å². The molecule has 21 heavy (non-hydrogen) atoms. The number of nitrogens with zero attached hydrogens (tertiary/aromatic N) is 2. The van der Waals surface area contributed by atoms with Gasteiger partial charge < -0.3 is 15.8 Å². The smallest absolute Gasteiger partial charge is 0.236 e. The number of hydrogen-bond acceptors (Lipinski definition) is 3. The molecular formula is C15H20ClN3O2. The second-order valence-electron chi connectivity index (χ2n) is 5.57. The van der Waals surface area contributed by atoms with Gasteiger partial charge in [0.25, 0.3) is 0 Å². The molecule has 0 radical (unpaired) electrons. The van der Waals surface area contributed by atoms with E-state index in [0.717, 1.165) is 12.0 Å². The third-order valence-electron chi connectivity index (χ3n) is 4.45. The van der Waals surface area contributed by atoms with Gasteiger partial charge in [-0.05, 0) is 37.5 Å². The number of carbonyl (C=O) groups is 1. The van der Waals surface area contributed by atoms with E-state index in [9.17, 15) is 4.79 Å². The van der Waals surface area contributed by atoms with Crippen LogP contribution in [-0.4, -0.2) is 28.9 Å². The first-order valence-corrected chi connectivity index (χ1v) is 7.31. The lowest BCUT2D eigenvalue weighted by atomic mass is 9.66. The Hall–Kier alpha value is -1.75. The van der Waals surface area contributed by atoms with Crippen molar-refractivity contribution in [1.82, 2.24) is 4.90 Å². The normalized spacial score (nSPS) is 18.7. The van der Waals surface area contributed by atoms with Crippen LogP contribution in [0.4, 0.5) is 0 Å². The van der Waals surface area contributed by atoms with E-state index in [1.165, 1.54) is 0 Å². The number of carbonyl (C=O) groups excluding carboxylic acids is 1. The summed E-state index contributed by atoms with van der Waals surface area (Å²) in [6.07, 6.45) is 2.14. The van der Waals surface area contributed by atoms with Crippen molar-refractivity contribution >= 4 is 23.3 Å². The van der Waals surface area contributed by atoms with Crippen molar-refractivity contribution in [3.8, 4) is 0 Å². The van der Waals surface area contributed by atoms with Crippen molar-refractivity contribution in [2.75, 3.05) is 7.05 Å². The van der Waals surface area contributed by atoms with Crippen molar-refractivity contribution in [2.45, 2.75) is 32.2 Å². The van der Waals surface area contributed by atoms with Crippen molar-refractivity contribution in [3.05, 3.63) is 34.9 Å². The maximum absolute atomic E-state index is 12.8. The molecule has 5 nitrogen and oxygen atoms in total. The molecule has 0 spiro atoms. The summed E-state index contributed by atoms with van der Waals surface area (Å²) in [5.74, 6) is -0.111. The number of oxime groups is 1. The average Bonchev–Trinajstić information content (AvgIpc) is 2.44. The summed E-state index contributed by atoms with van der Waals surface area (Å²) in [6.45, 7) is 1.93. The third-order valence-corrected chi connectivity index (χ3v) is 4.68. The lowest BCUT2D eigenvalue weighted by Crippen LogP contribution is -2.54. The minimum Gasteiger partial charge on any atom is -0.409 e. The van der Waals surface area contributed by atoms with Gasteiger partial charge in [-0.25, -0.2) is 0 Å². The fourth-order valence-electron chi connectivity index (χ4n) is 2.71. The third kappa shape index (κ3) is 2.70. The van der Waals surface area contributed by atoms with Gasteiger partial charge in [-0.2, -0.15) is 0 Å². The molecule has 1 amide bonds. The maximum Gasteiger partial charge on any atom is 0.236 e. The van der Waals surface area contributed by atoms with Crippen molar-refractivity contribution in [3.63, 3.8) is 0 Å². The predicted molar refractivity (Wildman–Crippen MR) is 82.3 cm³/mol. The zero-order chi connectivity index (χ0) is 15.6. The Bertz CT molecular complexity index is 570. The summed E-state index contributed by atoms with van der Waals surface area (Å²) in [7, 11) is 1.73. The Balaban J connectivity index is 2.23. The molecule has 1 aromatic carbocycles. The number of amides is 1. The molecule has 114 valence electrons. The van der Waals surface area contributed by atoms with E-state index in [0.29, 0.717) is 17.9 Å². The molecule has 0 saturated heterocycles. The van der Waals surface area contributed by atoms with Gasteiger partial charge in [0, 0.05) is 12.1 Å². The molecule has 3 N–H and O–H groups in total. The Morgan fingerprint density at radius 2 is 2.19 bits per heavy atom. The second kappa shape index (κ2) is 5.93. The molecule has 0 bridgehead atoms. The maximum atomic E-state index is 12.8. The highest BCUT2D eigenvalue weighted by atomic mass is 35.5. The lowest BCUT2D eigenvalue weighted by Gasteiger charge is -2.42. The van der Waals surface area contributed by atoms with Crippen LogP contribution in [0, 0.1) is 5.41 Å². The quantitative estimate of drug-likeness (QED) is 0.388. The monoisotopic (exact) mass is 309 g/mol. The Kier molecular flexibility index (Phi) is 4.42. The van der Waals surface area contributed by atoms with Crippen molar-refractivity contribution < 1.29 is 10.0 Å². The van der Waals surface area contributed by atoms with Gasteiger partial charge in [0.1, 0.15) is 5.41 Å². The highest BCUT2D eigenvalue weighted by Crippen LogP contribution is 2.43. The Labute approximate surface area is 129 Å². The average molecular weight is 310 g/mol. The number of rotatable bonds is 4. The first kappa shape index (κ1) is 15.6. The van der Waals surface area contributed by atoms with E-state index in [4.69, 9.17) is 22.5 Å². The van der Waals surface area contributed by atoms with E-state index < -0.39 is 5.41 Å². The number of benzene rings is 1. The van der Waals surface area contributed by atoms with E-state index >= 15 is 0 Å². The van der Waals surface area contributed by atoms with Gasteiger partial charge in [0.05, 0.1) is 6.04 Å². The Morgan fingerprint density at radius 1 is 1.52 bits per heavy atom. The first-order chi connectivity index (χ1) is 9.92. The summed E-state index contributed by atoms with van der Waals surface area (Å²) < 4.78 is 0. The van der Waals surface area contributed by atoms with Crippen molar-refractivity contribution in [1.29, 1.82) is 0 Å². The zero-order valence-electron chi connectivity index (χ0n) is 12.2. The first-order valence-electron chi connectivity index (χ1n) is 6.93. The fourth-order valence-corrected chi connectivity index (χ4v) is 2.91. The minimum atomic E-state index is -0.851. The molecule has 1 atom stereocenters. The van der Waals surface area contributed by atoms with Gasteiger partial charge in [0.2, 0.25) is 5.91 Å². The van der Waals surface area contributed by atoms with Gasteiger partial charge in [-0.15, -0.1) is 0 Å². The molecule has 1 aliphatic carbocycles. The standard InChI is InChI=1S/C15H20ClN3O2/c1-10(11-5-3-6-12(16)9-11)19(2)14(20)15(7-4-8-15)13(17)18-21/h3,5-6,9-10,21H,4,7-8H2,1-2H3,(H2,17,18). The van der Waals surface area contributed by atoms with E-state index in [-0.39, 0.29) is 17.8 Å². The number of amidine groups is 1. The molecule has 0 aliphatic heterocycles. The predicted octanol–water partition coefficient (Wildman–Crippen LogP) is 2.78. The van der Waals surface area contributed by atoms with Crippen LogP contribution in [0.2, 0.25) is 5.02 Å². The fraction of sp³-hybridized carbons (Fsp3) is 0.467. The molecule has 1 fully saturated rings. The van der Waals surface area contributed by atoms with Crippen LogP contribution >= 0.6 is 11.6 Å².